The molecule has 1 unspecified atom stereocenters. The molecule has 0 fully saturated rings. The molecule has 4 rings (SSSR count). The zero-order valence-electron chi connectivity index (χ0n) is 15.8. The molecule has 0 N–H and O–H groups in total. The van der Waals surface area contributed by atoms with Gasteiger partial charge in [-0.3, -0.25) is 0 Å². The van der Waals surface area contributed by atoms with E-state index >= 15 is 0 Å². The van der Waals surface area contributed by atoms with Crippen LogP contribution >= 0.6 is 0 Å². The molecule has 1 aliphatic heterocycles. The Bertz CT molecular complexity index is 1070. The number of rotatable bonds is 4. The minimum absolute atomic E-state index is 0.00225. The Hall–Kier alpha value is -2.69. The van der Waals surface area contributed by atoms with Crippen LogP contribution in [0.5, 0.6) is 0 Å². The Morgan fingerprint density at radius 3 is 2.07 bits per heavy atom. The standard InChI is InChI=1S/C24H23NO2S/c1-19-12-14-22(15-13-19)28(26,27)25-17-16-23(20-8-4-2-5-9-20)24(18-25)21-10-6-3-7-11-21/h2-16,24H,17-18H2,1H3. The first-order valence-electron chi connectivity index (χ1n) is 9.43. The highest BCUT2D eigenvalue weighted by atomic mass is 32.2. The third-order valence-electron chi connectivity index (χ3n) is 5.24. The molecule has 3 nitrogen and oxygen atoms in total. The minimum Gasteiger partial charge on any atom is -0.207 e. The van der Waals surface area contributed by atoms with Gasteiger partial charge in [0.1, 0.15) is 0 Å². The van der Waals surface area contributed by atoms with Crippen molar-refractivity contribution in [2.24, 2.45) is 0 Å². The van der Waals surface area contributed by atoms with Crippen LogP contribution in [0.3, 0.4) is 0 Å². The van der Waals surface area contributed by atoms with Crippen molar-refractivity contribution < 1.29 is 8.42 Å². The molecule has 1 atom stereocenters. The van der Waals surface area contributed by atoms with Crippen LogP contribution in [0, 0.1) is 6.92 Å². The van der Waals surface area contributed by atoms with Crippen molar-refractivity contribution >= 4 is 15.6 Å². The second-order valence-corrected chi connectivity index (χ2v) is 9.06. The topological polar surface area (TPSA) is 37.4 Å². The summed E-state index contributed by atoms with van der Waals surface area (Å²) in [7, 11) is -3.54. The lowest BCUT2D eigenvalue weighted by atomic mass is 9.85. The van der Waals surface area contributed by atoms with Crippen LogP contribution in [-0.4, -0.2) is 25.8 Å². The van der Waals surface area contributed by atoms with E-state index in [-0.39, 0.29) is 5.92 Å². The van der Waals surface area contributed by atoms with Gasteiger partial charge >= 0.3 is 0 Å². The van der Waals surface area contributed by atoms with E-state index in [1.54, 1.807) is 16.4 Å². The van der Waals surface area contributed by atoms with E-state index in [9.17, 15) is 8.42 Å². The average molecular weight is 390 g/mol. The summed E-state index contributed by atoms with van der Waals surface area (Å²) in [6.07, 6.45) is 2.06. The Morgan fingerprint density at radius 2 is 1.43 bits per heavy atom. The lowest BCUT2D eigenvalue weighted by molar-refractivity contribution is 0.423. The molecule has 0 aromatic heterocycles. The van der Waals surface area contributed by atoms with E-state index in [0.29, 0.717) is 18.0 Å². The van der Waals surface area contributed by atoms with Gasteiger partial charge in [0.25, 0.3) is 0 Å². The number of nitrogens with zero attached hydrogens (tertiary/aromatic N) is 1. The molecule has 0 aliphatic carbocycles. The molecule has 0 spiro atoms. The van der Waals surface area contributed by atoms with E-state index in [4.69, 9.17) is 0 Å². The first-order valence-corrected chi connectivity index (χ1v) is 10.9. The molecule has 4 heteroatoms. The summed E-state index contributed by atoms with van der Waals surface area (Å²) in [5.74, 6) is -0.00225. The maximum absolute atomic E-state index is 13.2. The molecule has 142 valence electrons. The van der Waals surface area contributed by atoms with Crippen molar-refractivity contribution in [3.63, 3.8) is 0 Å². The number of aryl methyl sites for hydroxylation is 1. The summed E-state index contributed by atoms with van der Waals surface area (Å²) in [6.45, 7) is 2.77. The molecular weight excluding hydrogens is 366 g/mol. The van der Waals surface area contributed by atoms with Gasteiger partial charge in [-0.2, -0.15) is 4.31 Å². The third-order valence-corrected chi connectivity index (χ3v) is 7.09. The molecule has 3 aromatic rings. The van der Waals surface area contributed by atoms with Crippen molar-refractivity contribution in [2.75, 3.05) is 13.1 Å². The molecule has 28 heavy (non-hydrogen) atoms. The van der Waals surface area contributed by atoms with Crippen molar-refractivity contribution in [1.29, 1.82) is 0 Å². The normalized spacial score (nSPS) is 17.9. The Morgan fingerprint density at radius 1 is 0.821 bits per heavy atom. The lowest BCUT2D eigenvalue weighted by Crippen LogP contribution is -2.38. The smallest absolute Gasteiger partial charge is 0.207 e. The minimum atomic E-state index is -3.54. The predicted octanol–water partition coefficient (Wildman–Crippen LogP) is 4.87. The molecule has 3 aromatic carbocycles. The fourth-order valence-electron chi connectivity index (χ4n) is 3.69. The number of hydrogen-bond acceptors (Lipinski definition) is 2. The summed E-state index contributed by atoms with van der Waals surface area (Å²) in [4.78, 5) is 0.349. The molecule has 0 radical (unpaired) electrons. The predicted molar refractivity (Wildman–Crippen MR) is 114 cm³/mol. The maximum Gasteiger partial charge on any atom is 0.243 e. The van der Waals surface area contributed by atoms with Crippen molar-refractivity contribution in [3.05, 3.63) is 108 Å². The van der Waals surface area contributed by atoms with Crippen molar-refractivity contribution in [3.8, 4) is 0 Å². The van der Waals surface area contributed by atoms with Gasteiger partial charge < -0.3 is 0 Å². The Kier molecular flexibility index (Phi) is 5.16. The highest BCUT2D eigenvalue weighted by Gasteiger charge is 2.32. The molecule has 0 saturated carbocycles. The molecule has 1 heterocycles. The largest absolute Gasteiger partial charge is 0.243 e. The molecule has 0 amide bonds. The lowest BCUT2D eigenvalue weighted by Gasteiger charge is -2.33. The summed E-state index contributed by atoms with van der Waals surface area (Å²) < 4.78 is 28.0. The van der Waals surface area contributed by atoms with Crippen LogP contribution in [0.1, 0.15) is 22.6 Å². The molecule has 1 aliphatic rings. The average Bonchev–Trinajstić information content (AvgIpc) is 2.75. The van der Waals surface area contributed by atoms with Crippen LogP contribution in [0.4, 0.5) is 0 Å². The second kappa shape index (κ2) is 7.74. The van der Waals surface area contributed by atoms with Gasteiger partial charge in [-0.05, 0) is 35.8 Å². The van der Waals surface area contributed by atoms with Gasteiger partial charge in [0.2, 0.25) is 10.0 Å². The fraction of sp³-hybridized carbons (Fsp3) is 0.167. The quantitative estimate of drug-likeness (QED) is 0.639. The summed E-state index contributed by atoms with van der Waals surface area (Å²) >= 11 is 0. The highest BCUT2D eigenvalue weighted by Crippen LogP contribution is 2.37. The van der Waals surface area contributed by atoms with Gasteiger partial charge in [-0.1, -0.05) is 84.4 Å². The molecular formula is C24H23NO2S. The van der Waals surface area contributed by atoms with Gasteiger partial charge in [0.15, 0.2) is 0 Å². The van der Waals surface area contributed by atoms with Crippen LogP contribution in [-0.2, 0) is 10.0 Å². The Labute approximate surface area is 167 Å². The fourth-order valence-corrected chi connectivity index (χ4v) is 5.09. The van der Waals surface area contributed by atoms with E-state index in [0.717, 1.165) is 16.7 Å². The number of sulfonamides is 1. The van der Waals surface area contributed by atoms with Crippen molar-refractivity contribution in [2.45, 2.75) is 17.7 Å². The van der Waals surface area contributed by atoms with E-state index in [2.05, 4.69) is 30.3 Å². The van der Waals surface area contributed by atoms with Crippen LogP contribution in [0.2, 0.25) is 0 Å². The van der Waals surface area contributed by atoms with E-state index < -0.39 is 10.0 Å². The van der Waals surface area contributed by atoms with Gasteiger partial charge in [0, 0.05) is 19.0 Å². The Balaban J connectivity index is 1.73. The second-order valence-electron chi connectivity index (χ2n) is 7.12. The molecule has 0 bridgehead atoms. The summed E-state index contributed by atoms with van der Waals surface area (Å²) in [6, 6.07) is 27.4. The number of hydrogen-bond donors (Lipinski definition) is 0. The zero-order chi connectivity index (χ0) is 19.6. The third kappa shape index (κ3) is 3.66. The van der Waals surface area contributed by atoms with E-state index in [1.165, 1.54) is 5.57 Å². The first-order chi connectivity index (χ1) is 13.6. The maximum atomic E-state index is 13.2. The van der Waals surface area contributed by atoms with E-state index in [1.807, 2.05) is 55.5 Å². The zero-order valence-corrected chi connectivity index (χ0v) is 16.6. The highest BCUT2D eigenvalue weighted by molar-refractivity contribution is 7.89. The number of benzene rings is 3. The summed E-state index contributed by atoms with van der Waals surface area (Å²) in [5.41, 5.74) is 4.50. The van der Waals surface area contributed by atoms with Gasteiger partial charge in [-0.25, -0.2) is 8.42 Å². The van der Waals surface area contributed by atoms with Gasteiger partial charge in [0.05, 0.1) is 4.90 Å². The van der Waals surface area contributed by atoms with Gasteiger partial charge in [-0.15, -0.1) is 0 Å². The van der Waals surface area contributed by atoms with Crippen LogP contribution in [0.15, 0.2) is 95.9 Å². The van der Waals surface area contributed by atoms with Crippen molar-refractivity contribution in [1.82, 2.24) is 4.31 Å². The summed E-state index contributed by atoms with van der Waals surface area (Å²) in [5, 5.41) is 0. The SMILES string of the molecule is Cc1ccc(S(=O)(=O)N2CC=C(c3ccccc3)C(c3ccccc3)C2)cc1. The first kappa shape index (κ1) is 18.7. The monoisotopic (exact) mass is 389 g/mol. The van der Waals surface area contributed by atoms with Crippen LogP contribution < -0.4 is 0 Å². The molecule has 0 saturated heterocycles. The van der Waals surface area contributed by atoms with Crippen LogP contribution in [0.25, 0.3) is 5.57 Å².